The monoisotopic (exact) mass is 696 g/mol. The standard InChI is InChI=1S/C44H48N4O4/c1-43(2,3)31-13-9-27(10-14-31)26-51-40(45)29-21-30(42(47)52-41(46)28-11-15-32(16-12-28)44(4,5)6)23-33(22-29)48-38-19-17-34(49-7)24-36(38)37-25-35(50-8)18-20-39(37)48/h9-25,42,45-46H,26,47H2,1-8H3. The van der Waals surface area contributed by atoms with Crippen molar-refractivity contribution in [3.63, 3.8) is 0 Å². The SMILES string of the molecule is COc1ccc2c(c1)c1cc(OC)ccc1n2-c1cc(C(=N)OCc2ccc(C(C)(C)C)cc2)cc(C(N)OC(=N)c2ccc(C(C)(C)C)cc2)c1. The van der Waals surface area contributed by atoms with Gasteiger partial charge in [-0.2, -0.15) is 0 Å². The van der Waals surface area contributed by atoms with E-state index in [9.17, 15) is 0 Å². The molecular weight excluding hydrogens is 649 g/mol. The van der Waals surface area contributed by atoms with Crippen molar-refractivity contribution in [3.05, 3.63) is 137 Å². The molecule has 0 spiro atoms. The highest BCUT2D eigenvalue weighted by atomic mass is 16.5. The second-order valence-corrected chi connectivity index (χ2v) is 15.2. The van der Waals surface area contributed by atoms with E-state index in [-0.39, 0.29) is 29.2 Å². The zero-order chi connectivity index (χ0) is 37.4. The minimum absolute atomic E-state index is 0.00727. The second kappa shape index (κ2) is 14.2. The Hall–Kier alpha value is -5.60. The molecule has 1 atom stereocenters. The van der Waals surface area contributed by atoms with Crippen molar-refractivity contribution in [2.75, 3.05) is 14.2 Å². The van der Waals surface area contributed by atoms with E-state index in [2.05, 4.69) is 58.2 Å². The van der Waals surface area contributed by atoms with Gasteiger partial charge in [-0.15, -0.1) is 0 Å². The Labute approximate surface area is 306 Å². The Morgan fingerprint density at radius 2 is 1.15 bits per heavy atom. The second-order valence-electron chi connectivity index (χ2n) is 15.2. The Morgan fingerprint density at radius 3 is 1.65 bits per heavy atom. The van der Waals surface area contributed by atoms with Crippen LogP contribution < -0.4 is 15.2 Å². The van der Waals surface area contributed by atoms with Crippen LogP contribution in [0.25, 0.3) is 27.5 Å². The number of ether oxygens (including phenoxy) is 4. The molecule has 1 aromatic heterocycles. The van der Waals surface area contributed by atoms with Gasteiger partial charge in [-0.3, -0.25) is 16.6 Å². The van der Waals surface area contributed by atoms with E-state index in [0.717, 1.165) is 50.1 Å². The summed E-state index contributed by atoms with van der Waals surface area (Å²) in [6.07, 6.45) is -1.00. The van der Waals surface area contributed by atoms with Gasteiger partial charge in [-0.25, -0.2) is 0 Å². The lowest BCUT2D eigenvalue weighted by Crippen LogP contribution is -2.20. The van der Waals surface area contributed by atoms with Crippen LogP contribution in [0.15, 0.2) is 103 Å². The number of fused-ring (bicyclic) bond motifs is 3. The highest BCUT2D eigenvalue weighted by Gasteiger charge is 2.21. The first-order valence-electron chi connectivity index (χ1n) is 17.4. The van der Waals surface area contributed by atoms with Gasteiger partial charge >= 0.3 is 0 Å². The number of nitrogens with two attached hydrogens (primary N) is 1. The molecule has 8 nitrogen and oxygen atoms in total. The molecule has 0 radical (unpaired) electrons. The maximum Gasteiger partial charge on any atom is 0.215 e. The number of rotatable bonds is 9. The van der Waals surface area contributed by atoms with Gasteiger partial charge in [0.05, 0.1) is 25.3 Å². The molecule has 268 valence electrons. The first-order chi connectivity index (χ1) is 24.7. The maximum atomic E-state index is 9.07. The van der Waals surface area contributed by atoms with Gasteiger partial charge in [0.2, 0.25) is 11.8 Å². The molecule has 4 N–H and O–H groups in total. The number of aromatic nitrogens is 1. The van der Waals surface area contributed by atoms with Crippen molar-refractivity contribution >= 4 is 33.6 Å². The Morgan fingerprint density at radius 1 is 0.635 bits per heavy atom. The number of benzene rings is 5. The van der Waals surface area contributed by atoms with E-state index in [1.54, 1.807) is 20.3 Å². The number of methoxy groups -OCH3 is 2. The van der Waals surface area contributed by atoms with E-state index < -0.39 is 6.23 Å². The molecule has 0 saturated heterocycles. The summed E-state index contributed by atoms with van der Waals surface area (Å²) < 4.78 is 25.5. The van der Waals surface area contributed by atoms with Gasteiger partial charge in [-0.1, -0.05) is 77.9 Å². The third kappa shape index (κ3) is 7.53. The maximum absolute atomic E-state index is 9.07. The molecule has 0 fully saturated rings. The van der Waals surface area contributed by atoms with Gasteiger partial charge in [0.15, 0.2) is 6.23 Å². The lowest BCUT2D eigenvalue weighted by Gasteiger charge is -2.21. The predicted octanol–water partition coefficient (Wildman–Crippen LogP) is 9.94. The zero-order valence-electron chi connectivity index (χ0n) is 31.3. The Kier molecular flexibility index (Phi) is 9.88. The quantitative estimate of drug-likeness (QED) is 0.0791. The van der Waals surface area contributed by atoms with Crippen LogP contribution >= 0.6 is 0 Å². The van der Waals surface area contributed by atoms with Crippen molar-refractivity contribution < 1.29 is 18.9 Å². The van der Waals surface area contributed by atoms with E-state index in [4.69, 9.17) is 35.5 Å². The van der Waals surface area contributed by atoms with Crippen LogP contribution in [0.1, 0.15) is 81.2 Å². The average Bonchev–Trinajstić information content (AvgIpc) is 3.45. The largest absolute Gasteiger partial charge is 0.497 e. The van der Waals surface area contributed by atoms with Crippen LogP contribution in [-0.4, -0.2) is 30.6 Å². The van der Waals surface area contributed by atoms with Crippen LogP contribution in [0.5, 0.6) is 11.5 Å². The van der Waals surface area contributed by atoms with Gasteiger partial charge in [0.25, 0.3) is 0 Å². The summed E-state index contributed by atoms with van der Waals surface area (Å²) >= 11 is 0. The fraction of sp³-hybridized carbons (Fsp3) is 0.273. The highest BCUT2D eigenvalue weighted by molar-refractivity contribution is 6.10. The molecule has 1 heterocycles. The molecule has 1 unspecified atom stereocenters. The van der Waals surface area contributed by atoms with E-state index >= 15 is 0 Å². The molecule has 0 amide bonds. The van der Waals surface area contributed by atoms with Crippen molar-refractivity contribution in [3.8, 4) is 17.2 Å². The van der Waals surface area contributed by atoms with Gasteiger partial charge < -0.3 is 23.5 Å². The van der Waals surface area contributed by atoms with Gasteiger partial charge in [0, 0.05) is 33.2 Å². The van der Waals surface area contributed by atoms with Crippen LogP contribution in [0, 0.1) is 10.8 Å². The summed E-state index contributed by atoms with van der Waals surface area (Å²) in [5.74, 6) is 1.42. The zero-order valence-corrected chi connectivity index (χ0v) is 31.3. The number of hydrogen-bond donors (Lipinski definition) is 3. The predicted molar refractivity (Wildman–Crippen MR) is 211 cm³/mol. The minimum atomic E-state index is -1.00. The highest BCUT2D eigenvalue weighted by Crippen LogP contribution is 2.37. The third-order valence-electron chi connectivity index (χ3n) is 9.43. The van der Waals surface area contributed by atoms with Crippen LogP contribution in [0.2, 0.25) is 0 Å². The molecular formula is C44H48N4O4. The topological polar surface area (TPSA) is 116 Å². The summed E-state index contributed by atoms with van der Waals surface area (Å²) in [6, 6.07) is 33.7. The van der Waals surface area contributed by atoms with Crippen molar-refractivity contribution in [2.24, 2.45) is 5.73 Å². The van der Waals surface area contributed by atoms with Crippen LogP contribution in [0.4, 0.5) is 0 Å². The molecule has 52 heavy (non-hydrogen) atoms. The van der Waals surface area contributed by atoms with Gasteiger partial charge in [-0.05, 0) is 94.3 Å². The van der Waals surface area contributed by atoms with E-state index in [0.29, 0.717) is 16.7 Å². The first kappa shape index (κ1) is 36.2. The van der Waals surface area contributed by atoms with Crippen LogP contribution in [-0.2, 0) is 26.9 Å². The molecule has 5 aromatic carbocycles. The fourth-order valence-electron chi connectivity index (χ4n) is 6.30. The number of nitrogens with zero attached hydrogens (tertiary/aromatic N) is 1. The van der Waals surface area contributed by atoms with E-state index in [1.165, 1.54) is 5.56 Å². The molecule has 6 rings (SSSR count). The summed E-state index contributed by atoms with van der Waals surface area (Å²) in [5, 5.41) is 19.8. The molecule has 0 aliphatic carbocycles. The van der Waals surface area contributed by atoms with Gasteiger partial charge in [0.1, 0.15) is 18.1 Å². The normalized spacial score (nSPS) is 12.5. The molecule has 0 saturated carbocycles. The fourth-order valence-corrected chi connectivity index (χ4v) is 6.30. The number of hydrogen-bond acceptors (Lipinski definition) is 7. The average molecular weight is 697 g/mol. The smallest absolute Gasteiger partial charge is 0.215 e. The first-order valence-corrected chi connectivity index (χ1v) is 17.4. The van der Waals surface area contributed by atoms with Crippen molar-refractivity contribution in [2.45, 2.75) is 65.2 Å². The van der Waals surface area contributed by atoms with Crippen LogP contribution in [0.3, 0.4) is 0 Å². The molecule has 8 heteroatoms. The van der Waals surface area contributed by atoms with Crippen molar-refractivity contribution in [1.29, 1.82) is 10.8 Å². The molecule has 0 aliphatic rings. The minimum Gasteiger partial charge on any atom is -0.497 e. The molecule has 0 bridgehead atoms. The lowest BCUT2D eigenvalue weighted by atomic mass is 9.87. The summed E-state index contributed by atoms with van der Waals surface area (Å²) in [7, 11) is 3.30. The van der Waals surface area contributed by atoms with E-state index in [1.807, 2.05) is 84.9 Å². The Bertz CT molecular complexity index is 2200. The summed E-state index contributed by atoms with van der Waals surface area (Å²) in [6.45, 7) is 13.2. The van der Waals surface area contributed by atoms with Crippen molar-refractivity contribution in [1.82, 2.24) is 4.57 Å². The molecule has 6 aromatic rings. The summed E-state index contributed by atoms with van der Waals surface area (Å²) in [4.78, 5) is 0. The Balaban J connectivity index is 1.40. The lowest BCUT2D eigenvalue weighted by molar-refractivity contribution is 0.199. The number of nitrogens with one attached hydrogen (secondary N) is 2. The third-order valence-corrected chi connectivity index (χ3v) is 9.43. The molecule has 0 aliphatic heterocycles. The summed E-state index contributed by atoms with van der Waals surface area (Å²) in [5.41, 5.74) is 14.5.